The summed E-state index contributed by atoms with van der Waals surface area (Å²) in [5.74, 6) is -0.00378. The smallest absolute Gasteiger partial charge is 0.306 e. The highest BCUT2D eigenvalue weighted by Crippen LogP contribution is 2.18. The molecule has 0 heterocycles. The van der Waals surface area contributed by atoms with Gasteiger partial charge in [0.2, 0.25) is 0 Å². The fourth-order valence-electron chi connectivity index (χ4n) is 8.57. The fourth-order valence-corrected chi connectivity index (χ4v) is 8.57. The Morgan fingerprint density at radius 2 is 0.532 bits per heavy atom. The van der Waals surface area contributed by atoms with Crippen molar-refractivity contribution in [1.29, 1.82) is 0 Å². The van der Waals surface area contributed by atoms with Crippen molar-refractivity contribution in [2.45, 2.75) is 323 Å². The summed E-state index contributed by atoms with van der Waals surface area (Å²) in [6.07, 6.45) is 53.7. The third kappa shape index (κ3) is 49.4. The molecule has 0 saturated carbocycles. The highest BCUT2D eigenvalue weighted by molar-refractivity contribution is 5.71. The van der Waals surface area contributed by atoms with Gasteiger partial charge in [-0.25, -0.2) is 0 Å². The molecule has 62 heavy (non-hydrogen) atoms. The number of carbonyl (C=O) groups excluding carboxylic acids is 3. The van der Waals surface area contributed by atoms with Crippen LogP contribution in [0.25, 0.3) is 0 Å². The van der Waals surface area contributed by atoms with Crippen molar-refractivity contribution in [1.82, 2.24) is 0 Å². The molecule has 0 aliphatic rings. The Morgan fingerprint density at radius 3 is 0.790 bits per heavy atom. The molecular formula is C56H108O6. The summed E-state index contributed by atoms with van der Waals surface area (Å²) < 4.78 is 16.9. The Labute approximate surface area is 387 Å². The molecule has 0 radical (unpaired) electrons. The molecule has 0 bridgehead atoms. The molecule has 6 heteroatoms. The maximum absolute atomic E-state index is 12.8. The SMILES string of the molecule is CCCCCCCCCCCCCCCCCC(=O)OC[C@H](COC(=O)CCCCCCCCCCCCCCC(C)C)OC(=O)CCCCCCCCCCCCCCCC. The van der Waals surface area contributed by atoms with E-state index < -0.39 is 6.10 Å². The summed E-state index contributed by atoms with van der Waals surface area (Å²) in [5, 5.41) is 0. The topological polar surface area (TPSA) is 78.9 Å². The van der Waals surface area contributed by atoms with Crippen LogP contribution in [0.1, 0.15) is 317 Å². The number of hydrogen-bond acceptors (Lipinski definition) is 6. The Morgan fingerprint density at radius 1 is 0.306 bits per heavy atom. The predicted molar refractivity (Wildman–Crippen MR) is 266 cm³/mol. The van der Waals surface area contributed by atoms with E-state index in [9.17, 15) is 14.4 Å². The number of ether oxygens (including phenoxy) is 3. The molecule has 1 atom stereocenters. The van der Waals surface area contributed by atoms with Gasteiger partial charge in [-0.2, -0.15) is 0 Å². The number of unbranched alkanes of at least 4 members (excludes halogenated alkanes) is 38. The van der Waals surface area contributed by atoms with Crippen LogP contribution in [0.15, 0.2) is 0 Å². The van der Waals surface area contributed by atoms with Crippen molar-refractivity contribution in [3.8, 4) is 0 Å². The van der Waals surface area contributed by atoms with Gasteiger partial charge >= 0.3 is 17.9 Å². The van der Waals surface area contributed by atoms with Crippen molar-refractivity contribution in [2.75, 3.05) is 13.2 Å². The average Bonchev–Trinajstić information content (AvgIpc) is 3.26. The maximum atomic E-state index is 12.8. The van der Waals surface area contributed by atoms with Crippen LogP contribution in [-0.2, 0) is 28.6 Å². The van der Waals surface area contributed by atoms with Crippen molar-refractivity contribution in [3.63, 3.8) is 0 Å². The van der Waals surface area contributed by atoms with Crippen molar-refractivity contribution >= 4 is 17.9 Å². The minimum atomic E-state index is -0.761. The van der Waals surface area contributed by atoms with Gasteiger partial charge in [-0.1, -0.05) is 278 Å². The summed E-state index contributed by atoms with van der Waals surface area (Å²) in [7, 11) is 0. The van der Waals surface area contributed by atoms with Gasteiger partial charge in [-0.15, -0.1) is 0 Å². The van der Waals surface area contributed by atoms with Crippen molar-refractivity contribution in [2.24, 2.45) is 5.92 Å². The molecule has 0 saturated heterocycles. The van der Waals surface area contributed by atoms with E-state index in [1.807, 2.05) is 0 Å². The van der Waals surface area contributed by atoms with Crippen molar-refractivity contribution in [3.05, 3.63) is 0 Å². The second-order valence-electron chi connectivity index (χ2n) is 19.7. The van der Waals surface area contributed by atoms with Gasteiger partial charge in [-0.3, -0.25) is 14.4 Å². The zero-order chi connectivity index (χ0) is 45.2. The molecule has 0 aliphatic carbocycles. The summed E-state index contributed by atoms with van der Waals surface area (Å²) in [6, 6.07) is 0. The lowest BCUT2D eigenvalue weighted by Crippen LogP contribution is -2.30. The van der Waals surface area contributed by atoms with Gasteiger partial charge in [0.1, 0.15) is 13.2 Å². The summed E-state index contributed by atoms with van der Waals surface area (Å²) in [6.45, 7) is 9.05. The van der Waals surface area contributed by atoms with E-state index in [4.69, 9.17) is 14.2 Å². The average molecular weight is 877 g/mol. The van der Waals surface area contributed by atoms with E-state index in [1.54, 1.807) is 0 Å². The van der Waals surface area contributed by atoms with Crippen LogP contribution >= 0.6 is 0 Å². The lowest BCUT2D eigenvalue weighted by molar-refractivity contribution is -0.167. The number of esters is 3. The Kier molecular flexibility index (Phi) is 49.1. The van der Waals surface area contributed by atoms with E-state index in [-0.39, 0.29) is 31.1 Å². The predicted octanol–water partition coefficient (Wildman–Crippen LogP) is 18.2. The zero-order valence-corrected chi connectivity index (χ0v) is 42.3. The molecule has 0 aromatic carbocycles. The normalized spacial score (nSPS) is 12.0. The molecule has 0 N–H and O–H groups in total. The molecular weight excluding hydrogens is 769 g/mol. The van der Waals surface area contributed by atoms with E-state index in [1.165, 1.54) is 212 Å². The number of hydrogen-bond donors (Lipinski definition) is 0. The molecule has 6 nitrogen and oxygen atoms in total. The lowest BCUT2D eigenvalue weighted by atomic mass is 10.0. The van der Waals surface area contributed by atoms with Crippen LogP contribution in [0.3, 0.4) is 0 Å². The molecule has 0 aliphatic heterocycles. The van der Waals surface area contributed by atoms with Gasteiger partial charge in [0.25, 0.3) is 0 Å². The zero-order valence-electron chi connectivity index (χ0n) is 42.3. The Hall–Kier alpha value is -1.59. The third-order valence-electron chi connectivity index (χ3n) is 12.8. The molecule has 0 amide bonds. The monoisotopic (exact) mass is 877 g/mol. The van der Waals surface area contributed by atoms with Crippen LogP contribution in [-0.4, -0.2) is 37.2 Å². The molecule has 0 rings (SSSR count). The van der Waals surface area contributed by atoms with Gasteiger partial charge in [0, 0.05) is 19.3 Å². The van der Waals surface area contributed by atoms with Crippen LogP contribution in [0.2, 0.25) is 0 Å². The summed E-state index contributed by atoms with van der Waals surface area (Å²) >= 11 is 0. The van der Waals surface area contributed by atoms with E-state index >= 15 is 0 Å². The first-order valence-electron chi connectivity index (χ1n) is 27.9. The largest absolute Gasteiger partial charge is 0.462 e. The molecule has 368 valence electrons. The van der Waals surface area contributed by atoms with E-state index in [2.05, 4.69) is 27.7 Å². The van der Waals surface area contributed by atoms with Crippen LogP contribution in [0, 0.1) is 5.92 Å². The highest BCUT2D eigenvalue weighted by Gasteiger charge is 2.19. The Bertz CT molecular complexity index is 933. The van der Waals surface area contributed by atoms with Crippen LogP contribution < -0.4 is 0 Å². The fraction of sp³-hybridized carbons (Fsp3) is 0.946. The van der Waals surface area contributed by atoms with Crippen LogP contribution in [0.5, 0.6) is 0 Å². The molecule has 0 fully saturated rings. The lowest BCUT2D eigenvalue weighted by Gasteiger charge is -2.18. The molecule has 0 spiro atoms. The first-order valence-corrected chi connectivity index (χ1v) is 27.9. The summed E-state index contributed by atoms with van der Waals surface area (Å²) in [4.78, 5) is 38.1. The van der Waals surface area contributed by atoms with E-state index in [0.717, 1.165) is 63.7 Å². The second-order valence-corrected chi connectivity index (χ2v) is 19.7. The van der Waals surface area contributed by atoms with Gasteiger partial charge in [-0.05, 0) is 25.2 Å². The van der Waals surface area contributed by atoms with Gasteiger partial charge < -0.3 is 14.2 Å². The molecule has 0 aromatic heterocycles. The number of rotatable bonds is 51. The van der Waals surface area contributed by atoms with Gasteiger partial charge in [0.05, 0.1) is 0 Å². The van der Waals surface area contributed by atoms with Gasteiger partial charge in [0.15, 0.2) is 6.10 Å². The third-order valence-corrected chi connectivity index (χ3v) is 12.8. The maximum Gasteiger partial charge on any atom is 0.306 e. The standard InChI is InChI=1S/C56H108O6/c1-5-7-9-11-13-15-17-19-21-23-27-31-35-39-43-47-54(57)60-50-53(62-56(59)49-45-41-37-33-29-22-20-18-16-14-12-10-8-6-2)51-61-55(58)48-44-40-36-32-28-25-24-26-30-34-38-42-46-52(3)4/h52-53H,5-51H2,1-4H3/t53-/m1/s1. The first-order chi connectivity index (χ1) is 30.4. The second kappa shape index (κ2) is 50.4. The Balaban J connectivity index is 4.30. The summed E-state index contributed by atoms with van der Waals surface area (Å²) in [5.41, 5.74) is 0. The van der Waals surface area contributed by atoms with Crippen molar-refractivity contribution < 1.29 is 28.6 Å². The highest BCUT2D eigenvalue weighted by atomic mass is 16.6. The quantitative estimate of drug-likeness (QED) is 0.0344. The van der Waals surface area contributed by atoms with E-state index in [0.29, 0.717) is 19.3 Å². The molecule has 0 aromatic rings. The van der Waals surface area contributed by atoms with Crippen LogP contribution in [0.4, 0.5) is 0 Å². The minimum absolute atomic E-state index is 0.0620. The first kappa shape index (κ1) is 60.4. The number of carbonyl (C=O) groups is 3. The molecule has 0 unspecified atom stereocenters. The minimum Gasteiger partial charge on any atom is -0.462 e.